The van der Waals surface area contributed by atoms with Gasteiger partial charge in [-0.15, -0.1) is 11.8 Å². The van der Waals surface area contributed by atoms with Crippen LogP contribution < -0.4 is 5.32 Å². The molecule has 1 aromatic rings. The SMILES string of the molecule is CN(CCNC1CCSc2ccccc21)C(=O)OC(C)(C)C. The van der Waals surface area contributed by atoms with Crippen molar-refractivity contribution in [1.82, 2.24) is 10.2 Å². The average molecular weight is 322 g/mol. The molecule has 0 spiro atoms. The van der Waals surface area contributed by atoms with Crippen molar-refractivity contribution in [3.05, 3.63) is 29.8 Å². The summed E-state index contributed by atoms with van der Waals surface area (Å²) in [6.45, 7) is 7.05. The van der Waals surface area contributed by atoms with E-state index in [0.29, 0.717) is 12.6 Å². The number of carbonyl (C=O) groups excluding carboxylic acids is 1. The number of thioether (sulfide) groups is 1. The largest absolute Gasteiger partial charge is 0.444 e. The molecule has 1 aliphatic rings. The number of rotatable bonds is 4. The minimum Gasteiger partial charge on any atom is -0.444 e. The van der Waals surface area contributed by atoms with E-state index < -0.39 is 5.60 Å². The molecule has 0 aliphatic carbocycles. The molecule has 1 heterocycles. The van der Waals surface area contributed by atoms with Gasteiger partial charge in [-0.2, -0.15) is 0 Å². The number of benzene rings is 1. The molecule has 5 heteroatoms. The Kier molecular flexibility index (Phi) is 5.75. The summed E-state index contributed by atoms with van der Waals surface area (Å²) in [7, 11) is 1.78. The number of hydrogen-bond donors (Lipinski definition) is 1. The lowest BCUT2D eigenvalue weighted by molar-refractivity contribution is 0.0299. The maximum Gasteiger partial charge on any atom is 0.410 e. The summed E-state index contributed by atoms with van der Waals surface area (Å²) in [6, 6.07) is 8.93. The fourth-order valence-corrected chi connectivity index (χ4v) is 3.52. The maximum absolute atomic E-state index is 11.9. The Morgan fingerprint density at radius 3 is 2.86 bits per heavy atom. The summed E-state index contributed by atoms with van der Waals surface area (Å²) in [4.78, 5) is 14.9. The average Bonchev–Trinajstić information content (AvgIpc) is 2.45. The lowest BCUT2D eigenvalue weighted by Crippen LogP contribution is -2.39. The first kappa shape index (κ1) is 17.2. The fraction of sp³-hybridized carbons (Fsp3) is 0.588. The zero-order valence-electron chi connectivity index (χ0n) is 13.9. The molecule has 2 rings (SSSR count). The molecular formula is C17H26N2O2S. The topological polar surface area (TPSA) is 41.6 Å². The third kappa shape index (κ3) is 4.92. The van der Waals surface area contributed by atoms with E-state index in [-0.39, 0.29) is 6.09 Å². The standard InChI is InChI=1S/C17H26N2O2S/c1-17(2,3)21-16(20)19(4)11-10-18-14-9-12-22-15-8-6-5-7-13(14)15/h5-8,14,18H,9-12H2,1-4H3. The van der Waals surface area contributed by atoms with Gasteiger partial charge in [0.15, 0.2) is 0 Å². The highest BCUT2D eigenvalue weighted by Gasteiger charge is 2.21. The summed E-state index contributed by atoms with van der Waals surface area (Å²) >= 11 is 1.92. The lowest BCUT2D eigenvalue weighted by atomic mass is 10.0. The summed E-state index contributed by atoms with van der Waals surface area (Å²) in [6.07, 6.45) is 0.853. The number of fused-ring (bicyclic) bond motifs is 1. The number of amides is 1. The monoisotopic (exact) mass is 322 g/mol. The third-order valence-electron chi connectivity index (χ3n) is 3.50. The zero-order valence-corrected chi connectivity index (χ0v) is 14.7. The molecule has 0 aromatic heterocycles. The maximum atomic E-state index is 11.9. The van der Waals surface area contributed by atoms with Crippen LogP contribution in [0.15, 0.2) is 29.2 Å². The number of likely N-dealkylation sites (N-methyl/N-ethyl adjacent to an activating group) is 1. The first-order valence-electron chi connectivity index (χ1n) is 7.76. The van der Waals surface area contributed by atoms with E-state index in [1.807, 2.05) is 32.5 Å². The summed E-state index contributed by atoms with van der Waals surface area (Å²) in [5.41, 5.74) is 0.928. The van der Waals surface area contributed by atoms with Crippen molar-refractivity contribution in [3.63, 3.8) is 0 Å². The minimum atomic E-state index is -0.446. The molecule has 0 radical (unpaired) electrons. The van der Waals surface area contributed by atoms with Crippen molar-refractivity contribution in [2.75, 3.05) is 25.9 Å². The van der Waals surface area contributed by atoms with Gasteiger partial charge in [-0.05, 0) is 44.6 Å². The molecule has 0 saturated heterocycles. The summed E-state index contributed by atoms with van der Waals surface area (Å²) in [5.74, 6) is 1.14. The van der Waals surface area contributed by atoms with Gasteiger partial charge < -0.3 is 15.0 Å². The third-order valence-corrected chi connectivity index (χ3v) is 4.62. The van der Waals surface area contributed by atoms with Gasteiger partial charge in [0.2, 0.25) is 0 Å². The van der Waals surface area contributed by atoms with E-state index in [1.165, 1.54) is 10.5 Å². The number of carbonyl (C=O) groups is 1. The molecule has 1 atom stereocenters. The molecular weight excluding hydrogens is 296 g/mol. The van der Waals surface area contributed by atoms with Crippen molar-refractivity contribution in [2.24, 2.45) is 0 Å². The molecule has 1 aliphatic heterocycles. The molecule has 1 N–H and O–H groups in total. The van der Waals surface area contributed by atoms with Gasteiger partial charge in [-0.1, -0.05) is 18.2 Å². The molecule has 0 bridgehead atoms. The number of nitrogens with zero attached hydrogens (tertiary/aromatic N) is 1. The second-order valence-electron chi connectivity index (χ2n) is 6.58. The molecule has 1 aromatic carbocycles. The van der Waals surface area contributed by atoms with Gasteiger partial charge >= 0.3 is 6.09 Å². The first-order valence-corrected chi connectivity index (χ1v) is 8.74. The van der Waals surface area contributed by atoms with Crippen LogP contribution in [0.2, 0.25) is 0 Å². The number of hydrogen-bond acceptors (Lipinski definition) is 4. The van der Waals surface area contributed by atoms with E-state index in [2.05, 4.69) is 29.6 Å². The Bertz CT molecular complexity index is 514. The minimum absolute atomic E-state index is 0.270. The van der Waals surface area contributed by atoms with E-state index >= 15 is 0 Å². The van der Waals surface area contributed by atoms with Gasteiger partial charge in [0, 0.05) is 31.1 Å². The van der Waals surface area contributed by atoms with Crippen molar-refractivity contribution in [2.45, 2.75) is 43.7 Å². The second kappa shape index (κ2) is 7.38. The highest BCUT2D eigenvalue weighted by molar-refractivity contribution is 7.99. The molecule has 0 fully saturated rings. The highest BCUT2D eigenvalue weighted by Crippen LogP contribution is 2.35. The lowest BCUT2D eigenvalue weighted by Gasteiger charge is -2.28. The fourth-order valence-electron chi connectivity index (χ4n) is 2.39. The van der Waals surface area contributed by atoms with Gasteiger partial charge in [0.1, 0.15) is 5.60 Å². The Hall–Kier alpha value is -1.20. The van der Waals surface area contributed by atoms with E-state index in [9.17, 15) is 4.79 Å². The second-order valence-corrected chi connectivity index (χ2v) is 7.72. The molecule has 0 saturated carbocycles. The number of nitrogens with one attached hydrogen (secondary N) is 1. The van der Waals surface area contributed by atoms with Crippen molar-refractivity contribution in [1.29, 1.82) is 0 Å². The van der Waals surface area contributed by atoms with Crippen LogP contribution in [0, 0.1) is 0 Å². The van der Waals surface area contributed by atoms with Crippen LogP contribution in [0.1, 0.15) is 38.8 Å². The van der Waals surface area contributed by atoms with Gasteiger partial charge in [-0.3, -0.25) is 0 Å². The Morgan fingerprint density at radius 1 is 1.41 bits per heavy atom. The van der Waals surface area contributed by atoms with Gasteiger partial charge in [0.05, 0.1) is 0 Å². The highest BCUT2D eigenvalue weighted by atomic mass is 32.2. The van der Waals surface area contributed by atoms with E-state index in [4.69, 9.17) is 4.74 Å². The van der Waals surface area contributed by atoms with Crippen LogP contribution in [-0.4, -0.2) is 42.5 Å². The quantitative estimate of drug-likeness (QED) is 0.918. The van der Waals surface area contributed by atoms with Crippen LogP contribution in [0.3, 0.4) is 0 Å². The molecule has 22 heavy (non-hydrogen) atoms. The first-order chi connectivity index (χ1) is 10.4. The smallest absolute Gasteiger partial charge is 0.410 e. The van der Waals surface area contributed by atoms with Crippen LogP contribution in [0.5, 0.6) is 0 Å². The Balaban J connectivity index is 1.81. The van der Waals surface area contributed by atoms with E-state index in [1.54, 1.807) is 11.9 Å². The number of ether oxygens (including phenoxy) is 1. The summed E-state index contributed by atoms with van der Waals surface area (Å²) in [5, 5.41) is 3.56. The Labute approximate surface area is 137 Å². The van der Waals surface area contributed by atoms with Gasteiger partial charge in [0.25, 0.3) is 0 Å². The molecule has 4 nitrogen and oxygen atoms in total. The van der Waals surface area contributed by atoms with Crippen LogP contribution in [0.4, 0.5) is 4.79 Å². The predicted molar refractivity (Wildman–Crippen MR) is 91.4 cm³/mol. The van der Waals surface area contributed by atoms with E-state index in [0.717, 1.165) is 18.7 Å². The Morgan fingerprint density at radius 2 is 2.14 bits per heavy atom. The van der Waals surface area contributed by atoms with Crippen molar-refractivity contribution < 1.29 is 9.53 Å². The van der Waals surface area contributed by atoms with Crippen LogP contribution >= 0.6 is 11.8 Å². The normalized spacial score (nSPS) is 17.7. The summed E-state index contributed by atoms with van der Waals surface area (Å²) < 4.78 is 5.35. The van der Waals surface area contributed by atoms with Crippen LogP contribution in [-0.2, 0) is 4.74 Å². The predicted octanol–water partition coefficient (Wildman–Crippen LogP) is 3.68. The molecule has 122 valence electrons. The van der Waals surface area contributed by atoms with Crippen molar-refractivity contribution >= 4 is 17.9 Å². The van der Waals surface area contributed by atoms with Gasteiger partial charge in [-0.25, -0.2) is 4.79 Å². The zero-order chi connectivity index (χ0) is 16.2. The van der Waals surface area contributed by atoms with Crippen LogP contribution in [0.25, 0.3) is 0 Å². The molecule has 1 unspecified atom stereocenters. The van der Waals surface area contributed by atoms with Crippen molar-refractivity contribution in [3.8, 4) is 0 Å². The molecule has 1 amide bonds.